The van der Waals surface area contributed by atoms with Crippen molar-refractivity contribution in [3.8, 4) is 0 Å². The smallest absolute Gasteiger partial charge is 0.0705 e. The van der Waals surface area contributed by atoms with Crippen molar-refractivity contribution in [1.82, 2.24) is 4.98 Å². The average molecular weight is 179 g/mol. The van der Waals surface area contributed by atoms with E-state index in [0.29, 0.717) is 0 Å². The van der Waals surface area contributed by atoms with Gasteiger partial charge in [-0.2, -0.15) is 0 Å². The number of pyridine rings is 1. The minimum Gasteiger partial charge on any atom is -1.00 e. The van der Waals surface area contributed by atoms with Gasteiger partial charge in [0.05, 0.1) is 5.52 Å². The van der Waals surface area contributed by atoms with Gasteiger partial charge in [-0.1, -0.05) is 24.3 Å². The molecular weight excluding hydrogens is 170 g/mol. The standard InChI is InChI=1S/C10H9N.ClH/c1-8-6-7-9-4-2-3-5-10(9)11-8;/h2-7H,1H3;1H/p-1. The Morgan fingerprint density at radius 3 is 2.58 bits per heavy atom. The predicted molar refractivity (Wildman–Crippen MR) is 46.5 cm³/mol. The molecule has 2 aromatic rings. The third-order valence-electron chi connectivity index (χ3n) is 1.74. The number of fused-ring (bicyclic) bond motifs is 1. The van der Waals surface area contributed by atoms with Gasteiger partial charge in [-0.25, -0.2) is 0 Å². The molecule has 0 aliphatic heterocycles. The summed E-state index contributed by atoms with van der Waals surface area (Å²) in [5.74, 6) is 0. The Bertz CT molecular complexity index is 384. The van der Waals surface area contributed by atoms with E-state index in [9.17, 15) is 0 Å². The van der Waals surface area contributed by atoms with Gasteiger partial charge in [0.15, 0.2) is 0 Å². The van der Waals surface area contributed by atoms with Crippen molar-refractivity contribution in [1.29, 1.82) is 0 Å². The SMILES string of the molecule is Cc1ccc2ccccc2n1.[Cl-]. The zero-order chi connectivity index (χ0) is 7.68. The molecule has 1 nitrogen and oxygen atoms in total. The summed E-state index contributed by atoms with van der Waals surface area (Å²) in [4.78, 5) is 4.38. The highest BCUT2D eigenvalue weighted by atomic mass is 35.5. The van der Waals surface area contributed by atoms with Gasteiger partial charge in [0, 0.05) is 11.1 Å². The molecule has 1 heterocycles. The van der Waals surface area contributed by atoms with Gasteiger partial charge in [-0.05, 0) is 19.1 Å². The molecule has 12 heavy (non-hydrogen) atoms. The van der Waals surface area contributed by atoms with Crippen LogP contribution in [0.4, 0.5) is 0 Å². The summed E-state index contributed by atoms with van der Waals surface area (Å²) >= 11 is 0. The number of nitrogens with zero attached hydrogens (tertiary/aromatic N) is 1. The molecule has 0 N–H and O–H groups in total. The zero-order valence-electron chi connectivity index (χ0n) is 6.79. The number of hydrogen-bond donors (Lipinski definition) is 0. The van der Waals surface area contributed by atoms with Gasteiger partial charge in [0.2, 0.25) is 0 Å². The molecule has 0 radical (unpaired) electrons. The number of para-hydroxylation sites is 1. The van der Waals surface area contributed by atoms with Gasteiger partial charge in [-0.15, -0.1) is 0 Å². The first-order valence-electron chi connectivity index (χ1n) is 3.69. The van der Waals surface area contributed by atoms with Crippen LogP contribution < -0.4 is 12.4 Å². The van der Waals surface area contributed by atoms with E-state index in [2.05, 4.69) is 17.1 Å². The number of benzene rings is 1. The number of aryl methyl sites for hydroxylation is 1. The van der Waals surface area contributed by atoms with E-state index in [1.54, 1.807) is 0 Å². The second-order valence-electron chi connectivity index (χ2n) is 2.65. The van der Waals surface area contributed by atoms with E-state index in [4.69, 9.17) is 0 Å². The molecule has 0 saturated carbocycles. The minimum absolute atomic E-state index is 0. The molecule has 2 rings (SSSR count). The Kier molecular flexibility index (Phi) is 2.66. The van der Waals surface area contributed by atoms with Gasteiger partial charge in [0.1, 0.15) is 0 Å². The molecule has 1 aromatic carbocycles. The van der Waals surface area contributed by atoms with Crippen LogP contribution in [0.5, 0.6) is 0 Å². The summed E-state index contributed by atoms with van der Waals surface area (Å²) in [7, 11) is 0. The monoisotopic (exact) mass is 178 g/mol. The van der Waals surface area contributed by atoms with Gasteiger partial charge in [0.25, 0.3) is 0 Å². The summed E-state index contributed by atoms with van der Waals surface area (Å²) in [6.45, 7) is 2.01. The first-order chi connectivity index (χ1) is 5.36. The van der Waals surface area contributed by atoms with Crippen molar-refractivity contribution in [2.24, 2.45) is 0 Å². The highest BCUT2D eigenvalue weighted by molar-refractivity contribution is 5.78. The van der Waals surface area contributed by atoms with E-state index in [0.717, 1.165) is 11.2 Å². The van der Waals surface area contributed by atoms with Crippen molar-refractivity contribution in [3.05, 3.63) is 42.1 Å². The Balaban J connectivity index is 0.000000720. The Morgan fingerprint density at radius 1 is 1.00 bits per heavy atom. The number of halogens is 1. The lowest BCUT2D eigenvalue weighted by Crippen LogP contribution is -3.00. The normalized spacial score (nSPS) is 9.42. The zero-order valence-corrected chi connectivity index (χ0v) is 7.55. The van der Waals surface area contributed by atoms with Crippen LogP contribution in [0.15, 0.2) is 36.4 Å². The first kappa shape index (κ1) is 9.01. The lowest BCUT2D eigenvalue weighted by molar-refractivity contribution is -0.00000234. The van der Waals surface area contributed by atoms with Crippen molar-refractivity contribution in [2.45, 2.75) is 6.92 Å². The van der Waals surface area contributed by atoms with Crippen LogP contribution in [-0.4, -0.2) is 4.98 Å². The molecule has 0 unspecified atom stereocenters. The maximum absolute atomic E-state index is 4.38. The lowest BCUT2D eigenvalue weighted by Gasteiger charge is -1.95. The molecule has 2 heteroatoms. The molecular formula is C10H9ClN-. The highest BCUT2D eigenvalue weighted by Gasteiger charge is 1.90. The van der Waals surface area contributed by atoms with Crippen LogP contribution in [0.3, 0.4) is 0 Å². The van der Waals surface area contributed by atoms with Crippen molar-refractivity contribution < 1.29 is 12.4 Å². The fraction of sp³-hybridized carbons (Fsp3) is 0.100. The molecule has 62 valence electrons. The van der Waals surface area contributed by atoms with Crippen LogP contribution in [0, 0.1) is 6.92 Å². The molecule has 1 aromatic heterocycles. The van der Waals surface area contributed by atoms with Gasteiger partial charge in [-0.3, -0.25) is 4.98 Å². The van der Waals surface area contributed by atoms with Crippen molar-refractivity contribution in [3.63, 3.8) is 0 Å². The molecule has 0 spiro atoms. The van der Waals surface area contributed by atoms with Crippen LogP contribution in [0.1, 0.15) is 5.69 Å². The summed E-state index contributed by atoms with van der Waals surface area (Å²) in [5, 5.41) is 1.21. The lowest BCUT2D eigenvalue weighted by atomic mass is 10.2. The molecule has 0 atom stereocenters. The second-order valence-corrected chi connectivity index (χ2v) is 2.65. The number of rotatable bonds is 0. The largest absolute Gasteiger partial charge is 1.00 e. The summed E-state index contributed by atoms with van der Waals surface area (Å²) in [5.41, 5.74) is 2.15. The molecule has 0 aliphatic rings. The topological polar surface area (TPSA) is 12.9 Å². The maximum atomic E-state index is 4.38. The van der Waals surface area contributed by atoms with E-state index < -0.39 is 0 Å². The summed E-state index contributed by atoms with van der Waals surface area (Å²) in [6.07, 6.45) is 0. The van der Waals surface area contributed by atoms with E-state index in [-0.39, 0.29) is 12.4 Å². The van der Waals surface area contributed by atoms with Crippen LogP contribution in [0.25, 0.3) is 10.9 Å². The van der Waals surface area contributed by atoms with Crippen LogP contribution in [-0.2, 0) is 0 Å². The fourth-order valence-electron chi connectivity index (χ4n) is 1.17. The molecule has 0 aliphatic carbocycles. The predicted octanol–water partition coefficient (Wildman–Crippen LogP) is -0.453. The minimum atomic E-state index is 0. The summed E-state index contributed by atoms with van der Waals surface area (Å²) < 4.78 is 0. The van der Waals surface area contributed by atoms with E-state index in [1.165, 1.54) is 5.39 Å². The third-order valence-corrected chi connectivity index (χ3v) is 1.74. The third kappa shape index (κ3) is 1.56. The van der Waals surface area contributed by atoms with E-state index >= 15 is 0 Å². The second kappa shape index (κ2) is 3.55. The van der Waals surface area contributed by atoms with Crippen LogP contribution >= 0.6 is 0 Å². The molecule has 0 amide bonds. The number of hydrogen-bond acceptors (Lipinski definition) is 1. The molecule has 0 saturated heterocycles. The van der Waals surface area contributed by atoms with E-state index in [1.807, 2.05) is 31.2 Å². The summed E-state index contributed by atoms with van der Waals surface area (Å²) in [6, 6.07) is 12.3. The quantitative estimate of drug-likeness (QED) is 0.533. The highest BCUT2D eigenvalue weighted by Crippen LogP contribution is 2.10. The Hall–Kier alpha value is -1.08. The molecule has 0 fully saturated rings. The van der Waals surface area contributed by atoms with Gasteiger partial charge >= 0.3 is 0 Å². The first-order valence-corrected chi connectivity index (χ1v) is 3.69. The van der Waals surface area contributed by atoms with Crippen molar-refractivity contribution >= 4 is 10.9 Å². The fourth-order valence-corrected chi connectivity index (χ4v) is 1.17. The maximum Gasteiger partial charge on any atom is 0.0705 e. The number of aromatic nitrogens is 1. The van der Waals surface area contributed by atoms with Gasteiger partial charge < -0.3 is 12.4 Å². The van der Waals surface area contributed by atoms with Crippen molar-refractivity contribution in [2.75, 3.05) is 0 Å². The average Bonchev–Trinajstić information content (AvgIpc) is 2.04. The Morgan fingerprint density at radius 2 is 1.75 bits per heavy atom. The Labute approximate surface area is 77.9 Å². The van der Waals surface area contributed by atoms with Crippen LogP contribution in [0.2, 0.25) is 0 Å². The molecule has 0 bridgehead atoms.